The van der Waals surface area contributed by atoms with Gasteiger partial charge in [-0.2, -0.15) is 18.3 Å². The predicted molar refractivity (Wildman–Crippen MR) is 75.9 cm³/mol. The Hall–Kier alpha value is -3.04. The molecule has 0 bridgehead atoms. The van der Waals surface area contributed by atoms with E-state index >= 15 is 0 Å². The van der Waals surface area contributed by atoms with Gasteiger partial charge in [-0.15, -0.1) is 0 Å². The standard InChI is InChI=1S/C14H13F3N4O3/c15-14(16,17)8-2-1-3-10(4-8)24-7-9-5-11(21-20-9)13(23)19-6-12(18)22/h1-5H,6-7H2,(H2,18,22)(H,19,23)(H,20,21). The number of primary amides is 1. The average molecular weight is 342 g/mol. The normalized spacial score (nSPS) is 11.1. The smallest absolute Gasteiger partial charge is 0.416 e. The summed E-state index contributed by atoms with van der Waals surface area (Å²) < 4.78 is 43.1. The Balaban J connectivity index is 1.96. The lowest BCUT2D eigenvalue weighted by Crippen LogP contribution is -2.33. The second-order valence-electron chi connectivity index (χ2n) is 4.74. The molecule has 10 heteroatoms. The van der Waals surface area contributed by atoms with E-state index < -0.39 is 23.6 Å². The quantitative estimate of drug-likeness (QED) is 0.733. The highest BCUT2D eigenvalue weighted by Crippen LogP contribution is 2.31. The molecule has 0 aliphatic rings. The Kier molecular flexibility index (Phi) is 5.07. The van der Waals surface area contributed by atoms with Crippen molar-refractivity contribution in [3.63, 3.8) is 0 Å². The maximum atomic E-state index is 12.6. The second-order valence-corrected chi connectivity index (χ2v) is 4.74. The monoisotopic (exact) mass is 342 g/mol. The van der Waals surface area contributed by atoms with Crippen LogP contribution in [0.25, 0.3) is 0 Å². The number of alkyl halides is 3. The van der Waals surface area contributed by atoms with Gasteiger partial charge in [-0.1, -0.05) is 6.07 Å². The van der Waals surface area contributed by atoms with Gasteiger partial charge >= 0.3 is 6.18 Å². The molecule has 2 amide bonds. The molecule has 7 nitrogen and oxygen atoms in total. The number of nitrogens with zero attached hydrogens (tertiary/aromatic N) is 1. The first-order chi connectivity index (χ1) is 11.3. The molecule has 128 valence electrons. The fourth-order valence-electron chi connectivity index (χ4n) is 1.73. The number of ether oxygens (including phenoxy) is 1. The Bertz CT molecular complexity index is 743. The molecule has 2 rings (SSSR count). The van der Waals surface area contributed by atoms with Crippen LogP contribution in [0.4, 0.5) is 13.2 Å². The minimum atomic E-state index is -4.46. The molecule has 0 atom stereocenters. The Morgan fingerprint density at radius 1 is 1.29 bits per heavy atom. The molecule has 0 saturated heterocycles. The van der Waals surface area contributed by atoms with Crippen molar-refractivity contribution in [2.24, 2.45) is 5.73 Å². The maximum Gasteiger partial charge on any atom is 0.416 e. The SMILES string of the molecule is NC(=O)CNC(=O)c1cc(COc2cccc(C(F)(F)F)c2)[nH]n1. The molecule has 0 aliphatic heterocycles. The summed E-state index contributed by atoms with van der Waals surface area (Å²) in [6.07, 6.45) is -4.46. The van der Waals surface area contributed by atoms with Crippen LogP contribution < -0.4 is 15.8 Å². The molecule has 0 spiro atoms. The van der Waals surface area contributed by atoms with Crippen LogP contribution in [0.15, 0.2) is 30.3 Å². The first-order valence-electron chi connectivity index (χ1n) is 6.66. The van der Waals surface area contributed by atoms with Gasteiger partial charge in [0.25, 0.3) is 5.91 Å². The van der Waals surface area contributed by atoms with Crippen LogP contribution in [-0.2, 0) is 17.6 Å². The van der Waals surface area contributed by atoms with Crippen molar-refractivity contribution in [3.05, 3.63) is 47.3 Å². The third-order valence-electron chi connectivity index (χ3n) is 2.84. The predicted octanol–water partition coefficient (Wildman–Crippen LogP) is 1.22. The maximum absolute atomic E-state index is 12.6. The minimum Gasteiger partial charge on any atom is -0.487 e. The zero-order valence-electron chi connectivity index (χ0n) is 12.2. The number of nitrogens with two attached hydrogens (primary N) is 1. The lowest BCUT2D eigenvalue weighted by Gasteiger charge is -2.09. The molecule has 4 N–H and O–H groups in total. The molecule has 0 radical (unpaired) electrons. The third-order valence-corrected chi connectivity index (χ3v) is 2.84. The highest BCUT2D eigenvalue weighted by Gasteiger charge is 2.30. The fourth-order valence-corrected chi connectivity index (χ4v) is 1.73. The van der Waals surface area contributed by atoms with E-state index in [1.54, 1.807) is 0 Å². The number of H-pyrrole nitrogens is 1. The molecule has 24 heavy (non-hydrogen) atoms. The van der Waals surface area contributed by atoms with E-state index in [-0.39, 0.29) is 24.6 Å². The van der Waals surface area contributed by atoms with E-state index in [9.17, 15) is 22.8 Å². The summed E-state index contributed by atoms with van der Waals surface area (Å²) in [5.74, 6) is -1.29. The number of benzene rings is 1. The van der Waals surface area contributed by atoms with Crippen LogP contribution >= 0.6 is 0 Å². The average Bonchev–Trinajstić information content (AvgIpc) is 2.99. The number of halogens is 3. The van der Waals surface area contributed by atoms with Gasteiger partial charge in [0.15, 0.2) is 0 Å². The van der Waals surface area contributed by atoms with E-state index in [2.05, 4.69) is 15.5 Å². The van der Waals surface area contributed by atoms with E-state index in [0.717, 1.165) is 12.1 Å². The first kappa shape index (κ1) is 17.3. The Morgan fingerprint density at radius 3 is 2.71 bits per heavy atom. The summed E-state index contributed by atoms with van der Waals surface area (Å²) >= 11 is 0. The van der Waals surface area contributed by atoms with Gasteiger partial charge in [0.05, 0.1) is 17.8 Å². The summed E-state index contributed by atoms with van der Waals surface area (Å²) in [5, 5.41) is 8.48. The Morgan fingerprint density at radius 2 is 2.04 bits per heavy atom. The van der Waals surface area contributed by atoms with Gasteiger partial charge in [0, 0.05) is 0 Å². The highest BCUT2D eigenvalue weighted by molar-refractivity contribution is 5.94. The number of carbonyl (C=O) groups excluding carboxylic acids is 2. The summed E-state index contributed by atoms with van der Waals surface area (Å²) in [5.41, 5.74) is 4.44. The largest absolute Gasteiger partial charge is 0.487 e. The van der Waals surface area contributed by atoms with E-state index in [1.807, 2.05) is 0 Å². The number of aromatic amines is 1. The molecule has 1 heterocycles. The lowest BCUT2D eigenvalue weighted by atomic mass is 10.2. The van der Waals surface area contributed by atoms with Gasteiger partial charge in [-0.05, 0) is 24.3 Å². The van der Waals surface area contributed by atoms with Crippen LogP contribution in [0, 0.1) is 0 Å². The molecule has 1 aromatic carbocycles. The zero-order chi connectivity index (χ0) is 17.7. The summed E-state index contributed by atoms with van der Waals surface area (Å²) in [6, 6.07) is 5.77. The molecular formula is C14H13F3N4O3. The van der Waals surface area contributed by atoms with E-state index in [4.69, 9.17) is 10.5 Å². The molecule has 0 unspecified atom stereocenters. The van der Waals surface area contributed by atoms with Gasteiger partial charge in [0.1, 0.15) is 18.1 Å². The summed E-state index contributed by atoms with van der Waals surface area (Å²) in [7, 11) is 0. The van der Waals surface area contributed by atoms with Crippen molar-refractivity contribution in [3.8, 4) is 5.75 Å². The minimum absolute atomic E-state index is 0.00103. The van der Waals surface area contributed by atoms with Crippen molar-refractivity contribution in [1.29, 1.82) is 0 Å². The van der Waals surface area contributed by atoms with Crippen LogP contribution in [0.3, 0.4) is 0 Å². The molecular weight excluding hydrogens is 329 g/mol. The van der Waals surface area contributed by atoms with Crippen molar-refractivity contribution < 1.29 is 27.5 Å². The van der Waals surface area contributed by atoms with Crippen molar-refractivity contribution >= 4 is 11.8 Å². The van der Waals surface area contributed by atoms with Crippen LogP contribution in [0.5, 0.6) is 5.75 Å². The number of hydrogen-bond donors (Lipinski definition) is 3. The fraction of sp³-hybridized carbons (Fsp3) is 0.214. The number of hydrogen-bond acceptors (Lipinski definition) is 4. The van der Waals surface area contributed by atoms with Crippen molar-refractivity contribution in [1.82, 2.24) is 15.5 Å². The molecule has 0 saturated carbocycles. The number of nitrogens with one attached hydrogen (secondary N) is 2. The van der Waals surface area contributed by atoms with Crippen LogP contribution in [-0.4, -0.2) is 28.6 Å². The summed E-state index contributed by atoms with van der Waals surface area (Å²) in [4.78, 5) is 22.2. The van der Waals surface area contributed by atoms with Gasteiger partial charge in [-0.3, -0.25) is 14.7 Å². The Labute approximate surface area is 134 Å². The number of aromatic nitrogens is 2. The summed E-state index contributed by atoms with van der Waals surface area (Å²) in [6.45, 7) is -0.445. The number of carbonyl (C=O) groups is 2. The number of rotatable bonds is 6. The van der Waals surface area contributed by atoms with Crippen LogP contribution in [0.1, 0.15) is 21.7 Å². The topological polar surface area (TPSA) is 110 Å². The highest BCUT2D eigenvalue weighted by atomic mass is 19.4. The number of amides is 2. The zero-order valence-corrected chi connectivity index (χ0v) is 12.2. The van der Waals surface area contributed by atoms with Crippen molar-refractivity contribution in [2.45, 2.75) is 12.8 Å². The molecule has 0 fully saturated rings. The van der Waals surface area contributed by atoms with Gasteiger partial charge in [-0.25, -0.2) is 0 Å². The third kappa shape index (κ3) is 4.73. The van der Waals surface area contributed by atoms with E-state index in [0.29, 0.717) is 5.69 Å². The van der Waals surface area contributed by atoms with E-state index in [1.165, 1.54) is 18.2 Å². The molecule has 2 aromatic rings. The van der Waals surface area contributed by atoms with Gasteiger partial charge in [0.2, 0.25) is 5.91 Å². The first-order valence-corrected chi connectivity index (χ1v) is 6.66. The van der Waals surface area contributed by atoms with Gasteiger partial charge < -0.3 is 15.8 Å². The molecule has 1 aromatic heterocycles. The second kappa shape index (κ2) is 7.02. The lowest BCUT2D eigenvalue weighted by molar-refractivity contribution is -0.137. The molecule has 0 aliphatic carbocycles. The van der Waals surface area contributed by atoms with Crippen molar-refractivity contribution in [2.75, 3.05) is 6.54 Å². The van der Waals surface area contributed by atoms with Crippen LogP contribution in [0.2, 0.25) is 0 Å².